The lowest BCUT2D eigenvalue weighted by atomic mass is 10.1. The molecule has 1 heterocycles. The summed E-state index contributed by atoms with van der Waals surface area (Å²) in [6.45, 7) is 0. The molecule has 1 aliphatic rings. The van der Waals surface area contributed by atoms with E-state index >= 15 is 0 Å². The molecule has 2 aromatic rings. The van der Waals surface area contributed by atoms with Gasteiger partial charge in [-0.2, -0.15) is 0 Å². The van der Waals surface area contributed by atoms with Gasteiger partial charge in [0.05, 0.1) is 5.56 Å². The molecule has 1 aliphatic carbocycles. The highest BCUT2D eigenvalue weighted by Crippen LogP contribution is 2.30. The van der Waals surface area contributed by atoms with E-state index < -0.39 is 5.82 Å². The average molecular weight is 271 g/mol. The monoisotopic (exact) mass is 271 g/mol. The van der Waals surface area contributed by atoms with E-state index in [1.165, 1.54) is 12.1 Å². The molecular weight excluding hydrogens is 257 g/mol. The molecule has 3 rings (SSSR count). The van der Waals surface area contributed by atoms with Crippen molar-refractivity contribution in [1.29, 1.82) is 5.41 Å². The number of fused-ring (bicyclic) bond motifs is 1. The van der Waals surface area contributed by atoms with Crippen LogP contribution in [-0.4, -0.2) is 10.8 Å². The first-order chi connectivity index (χ1) is 9.65. The molecule has 0 saturated heterocycles. The van der Waals surface area contributed by atoms with E-state index in [0.29, 0.717) is 5.56 Å². The van der Waals surface area contributed by atoms with Crippen LogP contribution in [0, 0.1) is 11.2 Å². The van der Waals surface area contributed by atoms with Gasteiger partial charge in [0, 0.05) is 5.69 Å². The van der Waals surface area contributed by atoms with E-state index in [-0.39, 0.29) is 17.5 Å². The maximum atomic E-state index is 13.6. The highest BCUT2D eigenvalue weighted by Gasteiger charge is 2.19. The van der Waals surface area contributed by atoms with Crippen molar-refractivity contribution >= 4 is 5.84 Å². The fraction of sp³-hybridized carbons (Fsp3) is 0.200. The predicted molar refractivity (Wildman–Crippen MR) is 73.8 cm³/mol. The Morgan fingerprint density at radius 1 is 1.30 bits per heavy atom. The number of nitrogens with zero attached hydrogens (tertiary/aromatic N) is 1. The Kier molecular flexibility index (Phi) is 3.10. The van der Waals surface area contributed by atoms with E-state index in [2.05, 4.69) is 4.98 Å². The zero-order valence-electron chi connectivity index (χ0n) is 10.8. The third-order valence-corrected chi connectivity index (χ3v) is 3.35. The maximum absolute atomic E-state index is 13.6. The van der Waals surface area contributed by atoms with Crippen molar-refractivity contribution in [3.8, 4) is 11.6 Å². The molecular formula is C15H14FN3O. The lowest BCUT2D eigenvalue weighted by molar-refractivity contribution is 0.425. The van der Waals surface area contributed by atoms with Gasteiger partial charge < -0.3 is 10.5 Å². The molecule has 102 valence electrons. The summed E-state index contributed by atoms with van der Waals surface area (Å²) < 4.78 is 19.2. The van der Waals surface area contributed by atoms with Crippen LogP contribution in [0.5, 0.6) is 11.6 Å². The van der Waals surface area contributed by atoms with Crippen molar-refractivity contribution < 1.29 is 9.13 Å². The molecule has 0 spiro atoms. The highest BCUT2D eigenvalue weighted by molar-refractivity contribution is 5.97. The molecule has 4 nitrogen and oxygen atoms in total. The second-order valence-electron chi connectivity index (χ2n) is 4.75. The minimum Gasteiger partial charge on any atom is -0.435 e. The number of hydrogen-bond acceptors (Lipinski definition) is 3. The van der Waals surface area contributed by atoms with Gasteiger partial charge in [-0.05, 0) is 43.0 Å². The van der Waals surface area contributed by atoms with Crippen LogP contribution < -0.4 is 10.5 Å². The summed E-state index contributed by atoms with van der Waals surface area (Å²) in [5.41, 5.74) is 8.02. The third-order valence-electron chi connectivity index (χ3n) is 3.35. The molecule has 0 unspecified atom stereocenters. The normalized spacial score (nSPS) is 13.1. The van der Waals surface area contributed by atoms with Crippen LogP contribution in [-0.2, 0) is 12.8 Å². The van der Waals surface area contributed by atoms with Crippen LogP contribution in [0.3, 0.4) is 0 Å². The van der Waals surface area contributed by atoms with E-state index in [9.17, 15) is 4.39 Å². The van der Waals surface area contributed by atoms with Gasteiger partial charge in [0.2, 0.25) is 5.88 Å². The van der Waals surface area contributed by atoms with Crippen LogP contribution >= 0.6 is 0 Å². The van der Waals surface area contributed by atoms with Gasteiger partial charge in [0.25, 0.3) is 0 Å². The summed E-state index contributed by atoms with van der Waals surface area (Å²) in [6, 6.07) is 7.93. The fourth-order valence-electron chi connectivity index (χ4n) is 2.36. The van der Waals surface area contributed by atoms with Gasteiger partial charge in [-0.15, -0.1) is 0 Å². The molecule has 20 heavy (non-hydrogen) atoms. The topological polar surface area (TPSA) is 72.0 Å². The molecule has 1 aromatic carbocycles. The number of nitrogen functional groups attached to an aromatic ring is 1. The number of para-hydroxylation sites is 1. The van der Waals surface area contributed by atoms with Crippen LogP contribution in [0.25, 0.3) is 0 Å². The van der Waals surface area contributed by atoms with E-state index in [0.717, 1.165) is 30.5 Å². The molecule has 0 saturated carbocycles. The SMILES string of the molecule is N=C(N)c1cc2c(nc1Oc1ccccc1F)CCC2. The van der Waals surface area contributed by atoms with Crippen molar-refractivity contribution in [3.05, 3.63) is 53.0 Å². The Hall–Kier alpha value is -2.43. The fourth-order valence-corrected chi connectivity index (χ4v) is 2.36. The highest BCUT2D eigenvalue weighted by atomic mass is 19.1. The van der Waals surface area contributed by atoms with E-state index in [1.54, 1.807) is 12.1 Å². The number of rotatable bonds is 3. The van der Waals surface area contributed by atoms with Gasteiger partial charge in [0.15, 0.2) is 11.6 Å². The second-order valence-corrected chi connectivity index (χ2v) is 4.75. The number of ether oxygens (including phenoxy) is 1. The molecule has 1 aromatic heterocycles. The van der Waals surface area contributed by atoms with Gasteiger partial charge >= 0.3 is 0 Å². The second kappa shape index (κ2) is 4.92. The van der Waals surface area contributed by atoms with Crippen molar-refractivity contribution in [2.75, 3.05) is 0 Å². The predicted octanol–water partition coefficient (Wildman–Crippen LogP) is 2.79. The smallest absolute Gasteiger partial charge is 0.230 e. The first kappa shape index (κ1) is 12.6. The summed E-state index contributed by atoms with van der Waals surface area (Å²) >= 11 is 0. The largest absolute Gasteiger partial charge is 0.435 e. The van der Waals surface area contributed by atoms with Crippen LogP contribution in [0.4, 0.5) is 4.39 Å². The van der Waals surface area contributed by atoms with Gasteiger partial charge in [-0.25, -0.2) is 9.37 Å². The Labute approximate surface area is 115 Å². The molecule has 0 amide bonds. The number of pyridine rings is 1. The van der Waals surface area contributed by atoms with Gasteiger partial charge in [0.1, 0.15) is 5.84 Å². The number of nitrogens with two attached hydrogens (primary N) is 1. The zero-order chi connectivity index (χ0) is 14.1. The summed E-state index contributed by atoms with van der Waals surface area (Å²) in [5, 5.41) is 7.62. The minimum atomic E-state index is -0.468. The van der Waals surface area contributed by atoms with Crippen LogP contribution in [0.15, 0.2) is 30.3 Å². The Bertz CT molecular complexity index is 685. The standard InChI is InChI=1S/C15H14FN3O/c16-11-5-1-2-7-13(11)20-15-10(14(17)18)8-9-4-3-6-12(9)19-15/h1-2,5,7-8H,3-4,6H2,(H3,17,18). The minimum absolute atomic E-state index is 0.0837. The molecule has 0 atom stereocenters. The van der Waals surface area contributed by atoms with Gasteiger partial charge in [-0.3, -0.25) is 5.41 Å². The lowest BCUT2D eigenvalue weighted by Crippen LogP contribution is -2.14. The third kappa shape index (κ3) is 2.22. The van der Waals surface area contributed by atoms with Crippen LogP contribution in [0.1, 0.15) is 23.2 Å². The van der Waals surface area contributed by atoms with Crippen molar-refractivity contribution in [3.63, 3.8) is 0 Å². The number of aromatic nitrogens is 1. The Morgan fingerprint density at radius 3 is 2.85 bits per heavy atom. The Morgan fingerprint density at radius 2 is 2.10 bits per heavy atom. The van der Waals surface area contributed by atoms with Crippen molar-refractivity contribution in [2.24, 2.45) is 5.73 Å². The summed E-state index contributed by atoms with van der Waals surface area (Å²) in [5.74, 6) is -0.313. The lowest BCUT2D eigenvalue weighted by Gasteiger charge is -2.12. The molecule has 0 fully saturated rings. The van der Waals surface area contributed by atoms with Gasteiger partial charge in [-0.1, -0.05) is 12.1 Å². The molecule has 0 aliphatic heterocycles. The number of benzene rings is 1. The quantitative estimate of drug-likeness (QED) is 0.666. The molecule has 0 radical (unpaired) electrons. The average Bonchev–Trinajstić information content (AvgIpc) is 2.87. The van der Waals surface area contributed by atoms with E-state index in [1.807, 2.05) is 6.07 Å². The Balaban J connectivity index is 2.04. The maximum Gasteiger partial charge on any atom is 0.230 e. The molecule has 0 bridgehead atoms. The first-order valence-corrected chi connectivity index (χ1v) is 6.44. The number of halogens is 1. The van der Waals surface area contributed by atoms with E-state index in [4.69, 9.17) is 15.9 Å². The van der Waals surface area contributed by atoms with Crippen molar-refractivity contribution in [2.45, 2.75) is 19.3 Å². The number of amidine groups is 1. The zero-order valence-corrected chi connectivity index (χ0v) is 10.8. The summed E-state index contributed by atoms with van der Waals surface area (Å²) in [7, 11) is 0. The first-order valence-electron chi connectivity index (χ1n) is 6.44. The molecule has 5 heteroatoms. The summed E-state index contributed by atoms with van der Waals surface area (Å²) in [4.78, 5) is 4.40. The summed E-state index contributed by atoms with van der Waals surface area (Å²) in [6.07, 6.45) is 2.84. The number of nitrogens with one attached hydrogen (secondary N) is 1. The number of hydrogen-bond donors (Lipinski definition) is 2. The van der Waals surface area contributed by atoms with Crippen LogP contribution in [0.2, 0.25) is 0 Å². The number of aryl methyl sites for hydroxylation is 2. The molecule has 3 N–H and O–H groups in total. The van der Waals surface area contributed by atoms with Crippen molar-refractivity contribution in [1.82, 2.24) is 4.98 Å².